The average molecular weight is 353 g/mol. The molecule has 0 amide bonds. The van der Waals surface area contributed by atoms with E-state index in [-0.39, 0.29) is 12.2 Å². The largest absolute Gasteiger partial charge is 0.493 e. The van der Waals surface area contributed by atoms with Crippen LogP contribution in [0, 0.1) is 12.7 Å². The van der Waals surface area contributed by atoms with Crippen molar-refractivity contribution in [1.82, 2.24) is 0 Å². The monoisotopic (exact) mass is 352 g/mol. The summed E-state index contributed by atoms with van der Waals surface area (Å²) in [6.07, 6.45) is 0.130. The fourth-order valence-corrected chi connectivity index (χ4v) is 2.39. The zero-order valence-electron chi connectivity index (χ0n) is 11.9. The fourth-order valence-electron chi connectivity index (χ4n) is 2.06. The van der Waals surface area contributed by atoms with E-state index in [9.17, 15) is 9.50 Å². The van der Waals surface area contributed by atoms with Crippen LogP contribution in [0.2, 0.25) is 0 Å². The van der Waals surface area contributed by atoms with Gasteiger partial charge in [-0.25, -0.2) is 4.39 Å². The maximum absolute atomic E-state index is 13.7. The highest BCUT2D eigenvalue weighted by atomic mass is 79.9. The predicted molar refractivity (Wildman–Crippen MR) is 85.1 cm³/mol. The Labute approximate surface area is 132 Å². The van der Waals surface area contributed by atoms with Gasteiger partial charge in [-0.3, -0.25) is 0 Å². The summed E-state index contributed by atoms with van der Waals surface area (Å²) >= 11 is 3.21. The van der Waals surface area contributed by atoms with Crippen LogP contribution < -0.4 is 4.74 Å². The van der Waals surface area contributed by atoms with Crippen molar-refractivity contribution in [1.29, 1.82) is 0 Å². The van der Waals surface area contributed by atoms with Crippen LogP contribution in [0.1, 0.15) is 17.5 Å². The molecule has 2 aromatic rings. The predicted octanol–water partition coefficient (Wildman–Crippen LogP) is 4.27. The highest BCUT2D eigenvalue weighted by Crippen LogP contribution is 2.18. The second-order valence-corrected chi connectivity index (χ2v) is 5.96. The Balaban J connectivity index is 1.81. The molecule has 0 radical (unpaired) electrons. The molecule has 0 aliphatic carbocycles. The Morgan fingerprint density at radius 2 is 2.05 bits per heavy atom. The van der Waals surface area contributed by atoms with E-state index in [1.54, 1.807) is 12.1 Å². The molecule has 2 aromatic carbocycles. The normalized spacial score (nSPS) is 12.2. The van der Waals surface area contributed by atoms with Crippen LogP contribution in [0.5, 0.6) is 5.75 Å². The van der Waals surface area contributed by atoms with Gasteiger partial charge >= 0.3 is 0 Å². The van der Waals surface area contributed by atoms with Gasteiger partial charge in [0.25, 0.3) is 0 Å². The van der Waals surface area contributed by atoms with Gasteiger partial charge in [0.2, 0.25) is 0 Å². The molecule has 2 nitrogen and oxygen atoms in total. The molecule has 1 atom stereocenters. The van der Waals surface area contributed by atoms with Gasteiger partial charge in [-0.15, -0.1) is 0 Å². The number of ether oxygens (including phenoxy) is 1. The standard InChI is InChI=1S/C17H18BrFO2/c1-12-3-2-4-16(9-12)21-8-7-15(20)10-13-5-6-14(18)11-17(13)19/h2-6,9,11,15,20H,7-8,10H2,1H3. The molecule has 0 bridgehead atoms. The third kappa shape index (κ3) is 5.14. The summed E-state index contributed by atoms with van der Waals surface area (Å²) in [7, 11) is 0. The van der Waals surface area contributed by atoms with Gasteiger partial charge < -0.3 is 9.84 Å². The van der Waals surface area contributed by atoms with Crippen LogP contribution in [0.25, 0.3) is 0 Å². The highest BCUT2D eigenvalue weighted by Gasteiger charge is 2.10. The van der Waals surface area contributed by atoms with Gasteiger partial charge in [-0.05, 0) is 42.3 Å². The molecular weight excluding hydrogens is 335 g/mol. The van der Waals surface area contributed by atoms with Gasteiger partial charge in [0.05, 0.1) is 12.7 Å². The molecule has 0 fully saturated rings. The van der Waals surface area contributed by atoms with E-state index >= 15 is 0 Å². The van der Waals surface area contributed by atoms with E-state index in [1.165, 1.54) is 6.07 Å². The summed E-state index contributed by atoms with van der Waals surface area (Å²) in [6.45, 7) is 2.40. The first-order valence-electron chi connectivity index (χ1n) is 6.86. The lowest BCUT2D eigenvalue weighted by molar-refractivity contribution is 0.138. The van der Waals surface area contributed by atoms with Crippen molar-refractivity contribution >= 4 is 15.9 Å². The molecule has 2 rings (SSSR count). The smallest absolute Gasteiger partial charge is 0.127 e. The van der Waals surface area contributed by atoms with E-state index in [4.69, 9.17) is 4.74 Å². The average Bonchev–Trinajstić information content (AvgIpc) is 2.42. The summed E-state index contributed by atoms with van der Waals surface area (Å²) in [4.78, 5) is 0. The molecule has 1 unspecified atom stereocenters. The van der Waals surface area contributed by atoms with Crippen LogP contribution >= 0.6 is 15.9 Å². The maximum Gasteiger partial charge on any atom is 0.127 e. The van der Waals surface area contributed by atoms with Crippen LogP contribution in [0.3, 0.4) is 0 Å². The third-order valence-electron chi connectivity index (χ3n) is 3.18. The lowest BCUT2D eigenvalue weighted by atomic mass is 10.1. The Morgan fingerprint density at radius 3 is 2.76 bits per heavy atom. The Morgan fingerprint density at radius 1 is 1.24 bits per heavy atom. The number of hydrogen-bond donors (Lipinski definition) is 1. The second kappa shape index (κ2) is 7.57. The molecule has 21 heavy (non-hydrogen) atoms. The molecule has 0 saturated heterocycles. The molecule has 0 heterocycles. The van der Waals surface area contributed by atoms with Crippen molar-refractivity contribution < 1.29 is 14.2 Å². The quantitative estimate of drug-likeness (QED) is 0.841. The summed E-state index contributed by atoms with van der Waals surface area (Å²) < 4.78 is 19.9. The molecule has 112 valence electrons. The van der Waals surface area contributed by atoms with Gasteiger partial charge in [0, 0.05) is 17.3 Å². The van der Waals surface area contributed by atoms with Gasteiger partial charge in [-0.2, -0.15) is 0 Å². The summed E-state index contributed by atoms with van der Waals surface area (Å²) in [5.74, 6) is 0.486. The Bertz CT molecular complexity index is 601. The fraction of sp³-hybridized carbons (Fsp3) is 0.294. The number of hydrogen-bond acceptors (Lipinski definition) is 2. The van der Waals surface area contributed by atoms with Crippen molar-refractivity contribution in [3.8, 4) is 5.75 Å². The molecular formula is C17H18BrFO2. The van der Waals surface area contributed by atoms with Crippen LogP contribution in [-0.4, -0.2) is 17.8 Å². The topological polar surface area (TPSA) is 29.5 Å². The number of halogens is 2. The number of aliphatic hydroxyl groups excluding tert-OH is 1. The minimum absolute atomic E-state index is 0.288. The van der Waals surface area contributed by atoms with E-state index in [0.29, 0.717) is 23.1 Å². The van der Waals surface area contributed by atoms with Crippen LogP contribution in [-0.2, 0) is 6.42 Å². The number of aliphatic hydroxyl groups is 1. The zero-order chi connectivity index (χ0) is 15.2. The third-order valence-corrected chi connectivity index (χ3v) is 3.67. The van der Waals surface area contributed by atoms with Crippen molar-refractivity contribution in [2.24, 2.45) is 0 Å². The van der Waals surface area contributed by atoms with Gasteiger partial charge in [-0.1, -0.05) is 34.1 Å². The first-order valence-corrected chi connectivity index (χ1v) is 7.65. The molecule has 1 N–H and O–H groups in total. The Hall–Kier alpha value is -1.39. The number of aryl methyl sites for hydroxylation is 1. The summed E-state index contributed by atoms with van der Waals surface area (Å²) in [6, 6.07) is 12.6. The van der Waals surface area contributed by atoms with E-state index in [1.807, 2.05) is 31.2 Å². The van der Waals surface area contributed by atoms with Crippen molar-refractivity contribution in [3.05, 3.63) is 63.9 Å². The molecule has 4 heteroatoms. The molecule has 0 aliphatic heterocycles. The van der Waals surface area contributed by atoms with Crippen molar-refractivity contribution in [2.75, 3.05) is 6.61 Å². The number of rotatable bonds is 6. The summed E-state index contributed by atoms with van der Waals surface area (Å²) in [5.41, 5.74) is 1.64. The van der Waals surface area contributed by atoms with Crippen LogP contribution in [0.15, 0.2) is 46.9 Å². The lowest BCUT2D eigenvalue weighted by Gasteiger charge is -2.12. The highest BCUT2D eigenvalue weighted by molar-refractivity contribution is 9.10. The first-order chi connectivity index (χ1) is 10.0. The van der Waals surface area contributed by atoms with Crippen molar-refractivity contribution in [3.63, 3.8) is 0 Å². The van der Waals surface area contributed by atoms with E-state index in [0.717, 1.165) is 11.3 Å². The van der Waals surface area contributed by atoms with Gasteiger partial charge in [0.1, 0.15) is 11.6 Å². The molecule has 0 aliphatic rings. The first kappa shape index (κ1) is 16.0. The molecule has 0 aromatic heterocycles. The van der Waals surface area contributed by atoms with Crippen molar-refractivity contribution in [2.45, 2.75) is 25.9 Å². The Kier molecular flexibility index (Phi) is 5.76. The lowest BCUT2D eigenvalue weighted by Crippen LogP contribution is -2.15. The maximum atomic E-state index is 13.7. The minimum atomic E-state index is -0.620. The van der Waals surface area contributed by atoms with Crippen LogP contribution in [0.4, 0.5) is 4.39 Å². The number of benzene rings is 2. The van der Waals surface area contributed by atoms with E-state index < -0.39 is 6.10 Å². The molecule has 0 saturated carbocycles. The molecule has 0 spiro atoms. The SMILES string of the molecule is Cc1cccc(OCCC(O)Cc2ccc(Br)cc2F)c1. The van der Waals surface area contributed by atoms with Gasteiger partial charge in [0.15, 0.2) is 0 Å². The van der Waals surface area contributed by atoms with E-state index in [2.05, 4.69) is 15.9 Å². The zero-order valence-corrected chi connectivity index (χ0v) is 13.4. The summed E-state index contributed by atoms with van der Waals surface area (Å²) in [5, 5.41) is 9.97. The second-order valence-electron chi connectivity index (χ2n) is 5.05. The minimum Gasteiger partial charge on any atom is -0.493 e.